The van der Waals surface area contributed by atoms with Crippen LogP contribution in [0.4, 0.5) is 5.69 Å². The van der Waals surface area contributed by atoms with Crippen LogP contribution in [0, 0.1) is 0 Å². The van der Waals surface area contributed by atoms with Gasteiger partial charge in [-0.2, -0.15) is 0 Å². The Kier molecular flexibility index (Phi) is 7.10. The van der Waals surface area contributed by atoms with Crippen LogP contribution in [0.5, 0.6) is 5.75 Å². The highest BCUT2D eigenvalue weighted by atomic mass is 16.5. The van der Waals surface area contributed by atoms with Crippen LogP contribution in [0.1, 0.15) is 12.5 Å². The van der Waals surface area contributed by atoms with E-state index in [4.69, 9.17) is 4.74 Å². The summed E-state index contributed by atoms with van der Waals surface area (Å²) in [5.74, 6) is 1.16. The molecule has 0 spiro atoms. The average molecular weight is 423 g/mol. The van der Waals surface area contributed by atoms with Gasteiger partial charge < -0.3 is 14.5 Å². The second-order valence-electron chi connectivity index (χ2n) is 8.49. The van der Waals surface area contributed by atoms with Crippen molar-refractivity contribution in [3.05, 3.63) is 60.2 Å². The molecule has 31 heavy (non-hydrogen) atoms. The molecule has 2 aliphatic rings. The molecule has 1 atom stereocenters. The minimum absolute atomic E-state index is 0.0619. The zero-order valence-corrected chi connectivity index (χ0v) is 18.7. The number of anilines is 1. The van der Waals surface area contributed by atoms with Gasteiger partial charge in [-0.15, -0.1) is 0 Å². The highest BCUT2D eigenvalue weighted by Gasteiger charge is 2.30. The van der Waals surface area contributed by atoms with Gasteiger partial charge in [-0.3, -0.25) is 14.6 Å². The fourth-order valence-electron chi connectivity index (χ4n) is 4.56. The Labute approximate surface area is 186 Å². The van der Waals surface area contributed by atoms with Gasteiger partial charge >= 0.3 is 0 Å². The van der Waals surface area contributed by atoms with Gasteiger partial charge in [0.15, 0.2) is 0 Å². The largest absolute Gasteiger partial charge is 0.497 e. The highest BCUT2D eigenvalue weighted by Crippen LogP contribution is 2.23. The van der Waals surface area contributed by atoms with E-state index in [2.05, 4.69) is 69.0 Å². The lowest BCUT2D eigenvalue weighted by molar-refractivity contribution is -0.138. The summed E-state index contributed by atoms with van der Waals surface area (Å²) in [6.45, 7) is 10.2. The van der Waals surface area contributed by atoms with Gasteiger partial charge in [0, 0.05) is 70.7 Å². The molecule has 0 bridgehead atoms. The lowest BCUT2D eigenvalue weighted by Gasteiger charge is -2.41. The molecule has 2 aromatic rings. The molecule has 2 heterocycles. The van der Waals surface area contributed by atoms with E-state index in [1.807, 2.05) is 12.1 Å². The summed E-state index contributed by atoms with van der Waals surface area (Å²) < 4.78 is 5.35. The minimum Gasteiger partial charge on any atom is -0.497 e. The van der Waals surface area contributed by atoms with Crippen molar-refractivity contribution in [2.24, 2.45) is 0 Å². The maximum atomic E-state index is 13.1. The summed E-state index contributed by atoms with van der Waals surface area (Å²) in [6.07, 6.45) is 0. The molecule has 1 amide bonds. The van der Waals surface area contributed by atoms with Crippen LogP contribution in [0.25, 0.3) is 0 Å². The average Bonchev–Trinajstić information content (AvgIpc) is 2.84. The Morgan fingerprint density at radius 3 is 2.29 bits per heavy atom. The van der Waals surface area contributed by atoms with E-state index in [0.29, 0.717) is 0 Å². The van der Waals surface area contributed by atoms with Gasteiger partial charge in [-0.05, 0) is 24.6 Å². The molecular weight excluding hydrogens is 388 g/mol. The fourth-order valence-corrected chi connectivity index (χ4v) is 4.56. The number of carbonyl (C=O) groups excluding carboxylic acids is 1. The Hall–Kier alpha value is -2.57. The van der Waals surface area contributed by atoms with Crippen molar-refractivity contribution in [2.45, 2.75) is 19.5 Å². The number of ether oxygens (including phenoxy) is 1. The fraction of sp³-hybridized carbons (Fsp3) is 0.480. The molecule has 0 saturated carbocycles. The summed E-state index contributed by atoms with van der Waals surface area (Å²) in [6, 6.07) is 18.7. The number of benzene rings is 2. The Morgan fingerprint density at radius 2 is 1.61 bits per heavy atom. The number of methoxy groups -OCH3 is 1. The van der Waals surface area contributed by atoms with Gasteiger partial charge in [0.2, 0.25) is 5.91 Å². The van der Waals surface area contributed by atoms with Gasteiger partial charge in [0.25, 0.3) is 0 Å². The van der Waals surface area contributed by atoms with E-state index in [-0.39, 0.29) is 11.9 Å². The van der Waals surface area contributed by atoms with Crippen molar-refractivity contribution in [3.63, 3.8) is 0 Å². The van der Waals surface area contributed by atoms with E-state index < -0.39 is 0 Å². The van der Waals surface area contributed by atoms with Crippen molar-refractivity contribution >= 4 is 11.6 Å². The molecule has 0 N–H and O–H groups in total. The first-order valence-corrected chi connectivity index (χ1v) is 11.3. The van der Waals surface area contributed by atoms with Crippen LogP contribution in [0.2, 0.25) is 0 Å². The predicted octanol–water partition coefficient (Wildman–Crippen LogP) is 2.55. The second-order valence-corrected chi connectivity index (χ2v) is 8.49. The Balaban J connectivity index is 1.24. The number of carbonyl (C=O) groups is 1. The van der Waals surface area contributed by atoms with Crippen molar-refractivity contribution in [3.8, 4) is 5.75 Å². The normalized spacial score (nSPS) is 19.3. The quantitative estimate of drug-likeness (QED) is 0.716. The van der Waals surface area contributed by atoms with Crippen LogP contribution < -0.4 is 9.64 Å². The van der Waals surface area contributed by atoms with Crippen molar-refractivity contribution < 1.29 is 9.53 Å². The topological polar surface area (TPSA) is 39.3 Å². The molecule has 0 aromatic heterocycles. The third-order valence-corrected chi connectivity index (χ3v) is 6.57. The molecule has 2 fully saturated rings. The van der Waals surface area contributed by atoms with E-state index >= 15 is 0 Å². The molecule has 2 aromatic carbocycles. The molecule has 2 aliphatic heterocycles. The summed E-state index contributed by atoms with van der Waals surface area (Å²) in [4.78, 5) is 22.3. The zero-order chi connectivity index (χ0) is 21.6. The molecule has 6 heteroatoms. The first kappa shape index (κ1) is 21.7. The summed E-state index contributed by atoms with van der Waals surface area (Å²) >= 11 is 0. The number of hydrogen-bond donors (Lipinski definition) is 0. The van der Waals surface area contributed by atoms with E-state index in [9.17, 15) is 4.79 Å². The first-order chi connectivity index (χ1) is 15.1. The standard InChI is InChI=1S/C25H34N4O2/c1-21(27-15-17-28(18-16-27)23-9-6-10-24(19-23)31-2)25(30)29-13-11-26(12-14-29)20-22-7-4-3-5-8-22/h3-10,19,21H,11-18,20H2,1-2H3/t21-/m1/s1. The lowest BCUT2D eigenvalue weighted by atomic mass is 10.1. The van der Waals surface area contributed by atoms with E-state index in [1.165, 1.54) is 11.3 Å². The number of hydrogen-bond acceptors (Lipinski definition) is 5. The molecule has 4 rings (SSSR count). The highest BCUT2D eigenvalue weighted by molar-refractivity contribution is 5.81. The molecule has 166 valence electrons. The van der Waals surface area contributed by atoms with E-state index in [0.717, 1.165) is 64.7 Å². The zero-order valence-electron chi connectivity index (χ0n) is 18.7. The van der Waals surface area contributed by atoms with Crippen molar-refractivity contribution in [1.29, 1.82) is 0 Å². The Morgan fingerprint density at radius 1 is 0.903 bits per heavy atom. The van der Waals surface area contributed by atoms with Crippen molar-refractivity contribution in [1.82, 2.24) is 14.7 Å². The van der Waals surface area contributed by atoms with Crippen LogP contribution in [0.3, 0.4) is 0 Å². The summed E-state index contributed by atoms with van der Waals surface area (Å²) in [7, 11) is 1.70. The summed E-state index contributed by atoms with van der Waals surface area (Å²) in [5, 5.41) is 0. The molecule has 0 unspecified atom stereocenters. The molecule has 2 saturated heterocycles. The maximum Gasteiger partial charge on any atom is 0.239 e. The number of rotatable bonds is 6. The lowest BCUT2D eigenvalue weighted by Crippen LogP contribution is -2.57. The second kappa shape index (κ2) is 10.2. The van der Waals surface area contributed by atoms with Crippen LogP contribution in [0.15, 0.2) is 54.6 Å². The monoisotopic (exact) mass is 422 g/mol. The maximum absolute atomic E-state index is 13.1. The minimum atomic E-state index is -0.0619. The smallest absolute Gasteiger partial charge is 0.239 e. The van der Waals surface area contributed by atoms with Crippen LogP contribution in [-0.2, 0) is 11.3 Å². The molecule has 0 aliphatic carbocycles. The number of nitrogens with zero attached hydrogens (tertiary/aromatic N) is 4. The van der Waals surface area contributed by atoms with Crippen molar-refractivity contribution in [2.75, 3.05) is 64.4 Å². The third-order valence-electron chi connectivity index (χ3n) is 6.57. The number of amides is 1. The Bertz CT molecular complexity index is 844. The van der Waals surface area contributed by atoms with Gasteiger partial charge in [-0.25, -0.2) is 0 Å². The van der Waals surface area contributed by atoms with Gasteiger partial charge in [-0.1, -0.05) is 36.4 Å². The van der Waals surface area contributed by atoms with Gasteiger partial charge in [0.1, 0.15) is 5.75 Å². The molecule has 0 radical (unpaired) electrons. The van der Waals surface area contributed by atoms with Crippen LogP contribution in [-0.4, -0.2) is 86.1 Å². The SMILES string of the molecule is COc1cccc(N2CCN([C@H](C)C(=O)N3CCN(Cc4ccccc4)CC3)CC2)c1. The van der Waals surface area contributed by atoms with E-state index in [1.54, 1.807) is 7.11 Å². The molecule has 6 nitrogen and oxygen atoms in total. The third kappa shape index (κ3) is 5.38. The summed E-state index contributed by atoms with van der Waals surface area (Å²) in [5.41, 5.74) is 2.53. The van der Waals surface area contributed by atoms with Gasteiger partial charge in [0.05, 0.1) is 13.2 Å². The first-order valence-electron chi connectivity index (χ1n) is 11.3. The predicted molar refractivity (Wildman–Crippen MR) is 125 cm³/mol. The molecular formula is C25H34N4O2. The van der Waals surface area contributed by atoms with Crippen LogP contribution >= 0.6 is 0 Å². The number of piperazine rings is 2.